The fraction of sp³-hybridized carbons (Fsp3) is 0.467. The van der Waals surface area contributed by atoms with Gasteiger partial charge >= 0.3 is 0 Å². The molecule has 2 rings (SSSR count). The van der Waals surface area contributed by atoms with E-state index in [0.717, 1.165) is 0 Å². The number of amides is 2. The highest BCUT2D eigenvalue weighted by Gasteiger charge is 2.25. The van der Waals surface area contributed by atoms with Crippen molar-refractivity contribution in [1.82, 2.24) is 15.1 Å². The number of likely N-dealkylation sites (N-methyl/N-ethyl adjacent to an activating group) is 1. The largest absolute Gasteiger partial charge is 0.496 e. The molecular formula is C15H20ClN3O3. The minimum absolute atomic E-state index is 0.0173. The van der Waals surface area contributed by atoms with Gasteiger partial charge in [-0.2, -0.15) is 0 Å². The van der Waals surface area contributed by atoms with Gasteiger partial charge in [-0.3, -0.25) is 14.5 Å². The van der Waals surface area contributed by atoms with Gasteiger partial charge in [-0.1, -0.05) is 11.6 Å². The number of carbonyl (C=O) groups is 2. The maximum absolute atomic E-state index is 12.6. The predicted octanol–water partition coefficient (Wildman–Crippen LogP) is 0.852. The van der Waals surface area contributed by atoms with E-state index in [-0.39, 0.29) is 11.8 Å². The highest BCUT2D eigenvalue weighted by molar-refractivity contribution is 6.31. The standard InChI is InChI=1S/C15H20ClN3O3/c1-17-14(20)10-18-5-7-19(8-6-18)15(21)12-9-11(16)3-4-13(12)22-2/h3-4,9H,5-8,10H2,1-2H3,(H,17,20). The number of hydrogen-bond donors (Lipinski definition) is 1. The van der Waals surface area contributed by atoms with E-state index in [1.807, 2.05) is 4.90 Å². The quantitative estimate of drug-likeness (QED) is 0.891. The molecule has 1 saturated heterocycles. The SMILES string of the molecule is CNC(=O)CN1CCN(C(=O)c2cc(Cl)ccc2OC)CC1. The highest BCUT2D eigenvalue weighted by atomic mass is 35.5. The van der Waals surface area contributed by atoms with Crippen LogP contribution in [0.25, 0.3) is 0 Å². The molecule has 0 aromatic heterocycles. The van der Waals surface area contributed by atoms with E-state index in [1.54, 1.807) is 30.1 Å². The lowest BCUT2D eigenvalue weighted by Crippen LogP contribution is -2.50. The minimum atomic E-state index is -0.0982. The van der Waals surface area contributed by atoms with Crippen molar-refractivity contribution in [2.45, 2.75) is 0 Å². The van der Waals surface area contributed by atoms with Gasteiger partial charge in [0.2, 0.25) is 5.91 Å². The number of carbonyl (C=O) groups excluding carboxylic acids is 2. The Hall–Kier alpha value is -1.79. The van der Waals surface area contributed by atoms with Crippen LogP contribution in [0.2, 0.25) is 5.02 Å². The zero-order chi connectivity index (χ0) is 16.1. The Balaban J connectivity index is 2.01. The van der Waals surface area contributed by atoms with E-state index < -0.39 is 0 Å². The second-order valence-corrected chi connectivity index (χ2v) is 5.52. The van der Waals surface area contributed by atoms with Crippen LogP contribution in [-0.2, 0) is 4.79 Å². The molecule has 120 valence electrons. The van der Waals surface area contributed by atoms with Gasteiger partial charge in [-0.15, -0.1) is 0 Å². The Labute approximate surface area is 135 Å². The second-order valence-electron chi connectivity index (χ2n) is 5.09. The van der Waals surface area contributed by atoms with E-state index in [0.29, 0.717) is 49.1 Å². The summed E-state index contributed by atoms with van der Waals surface area (Å²) >= 11 is 5.97. The zero-order valence-electron chi connectivity index (χ0n) is 12.8. The summed E-state index contributed by atoms with van der Waals surface area (Å²) < 4.78 is 5.23. The minimum Gasteiger partial charge on any atom is -0.496 e. The van der Waals surface area contributed by atoms with Crippen LogP contribution in [0.3, 0.4) is 0 Å². The Morgan fingerprint density at radius 1 is 1.27 bits per heavy atom. The second kappa shape index (κ2) is 7.47. The molecule has 0 saturated carbocycles. The third kappa shape index (κ3) is 3.90. The van der Waals surface area contributed by atoms with Gasteiger partial charge in [0, 0.05) is 38.2 Å². The number of rotatable bonds is 4. The molecular weight excluding hydrogens is 306 g/mol. The fourth-order valence-electron chi connectivity index (χ4n) is 2.41. The van der Waals surface area contributed by atoms with Crippen LogP contribution in [0.5, 0.6) is 5.75 Å². The smallest absolute Gasteiger partial charge is 0.257 e. The molecule has 1 aromatic rings. The summed E-state index contributed by atoms with van der Waals surface area (Å²) in [7, 11) is 3.15. The first-order chi connectivity index (χ1) is 10.5. The van der Waals surface area contributed by atoms with Crippen LogP contribution in [0.1, 0.15) is 10.4 Å². The van der Waals surface area contributed by atoms with Crippen molar-refractivity contribution < 1.29 is 14.3 Å². The monoisotopic (exact) mass is 325 g/mol. The van der Waals surface area contributed by atoms with Crippen LogP contribution in [-0.4, -0.2) is 68.5 Å². The summed E-state index contributed by atoms with van der Waals surface area (Å²) in [5.74, 6) is 0.400. The molecule has 1 N–H and O–H groups in total. The van der Waals surface area contributed by atoms with Gasteiger partial charge < -0.3 is 15.0 Å². The first-order valence-electron chi connectivity index (χ1n) is 7.11. The third-order valence-corrected chi connectivity index (χ3v) is 3.93. The third-order valence-electron chi connectivity index (χ3n) is 3.70. The summed E-state index contributed by atoms with van der Waals surface area (Å²) in [6.45, 7) is 2.85. The van der Waals surface area contributed by atoms with Gasteiger partial charge in [0.25, 0.3) is 5.91 Å². The van der Waals surface area contributed by atoms with Crippen molar-refractivity contribution in [2.24, 2.45) is 0 Å². The lowest BCUT2D eigenvalue weighted by atomic mass is 10.1. The number of halogens is 1. The van der Waals surface area contributed by atoms with Crippen molar-refractivity contribution >= 4 is 23.4 Å². The molecule has 0 spiro atoms. The van der Waals surface area contributed by atoms with Crippen LogP contribution in [0, 0.1) is 0 Å². The van der Waals surface area contributed by atoms with Crippen molar-refractivity contribution in [2.75, 3.05) is 46.9 Å². The molecule has 0 radical (unpaired) electrons. The molecule has 2 amide bonds. The number of benzene rings is 1. The predicted molar refractivity (Wildman–Crippen MR) is 84.4 cm³/mol. The lowest BCUT2D eigenvalue weighted by Gasteiger charge is -2.34. The maximum atomic E-state index is 12.6. The number of hydrogen-bond acceptors (Lipinski definition) is 4. The van der Waals surface area contributed by atoms with E-state index in [2.05, 4.69) is 5.32 Å². The van der Waals surface area contributed by atoms with Crippen molar-refractivity contribution in [3.05, 3.63) is 28.8 Å². The molecule has 1 aliphatic rings. The first-order valence-corrected chi connectivity index (χ1v) is 7.48. The molecule has 1 heterocycles. The van der Waals surface area contributed by atoms with Crippen LogP contribution in [0.15, 0.2) is 18.2 Å². The summed E-state index contributed by atoms with van der Waals surface area (Å²) in [4.78, 5) is 27.8. The first kappa shape index (κ1) is 16.6. The Bertz CT molecular complexity index is 557. The van der Waals surface area contributed by atoms with Gasteiger partial charge in [-0.05, 0) is 18.2 Å². The molecule has 6 nitrogen and oxygen atoms in total. The van der Waals surface area contributed by atoms with Crippen molar-refractivity contribution in [3.63, 3.8) is 0 Å². The molecule has 1 aromatic carbocycles. The lowest BCUT2D eigenvalue weighted by molar-refractivity contribution is -0.122. The molecule has 0 atom stereocenters. The Kier molecular flexibility index (Phi) is 5.63. The number of piperazine rings is 1. The summed E-state index contributed by atoms with van der Waals surface area (Å²) in [5, 5.41) is 3.10. The zero-order valence-corrected chi connectivity index (χ0v) is 13.5. The van der Waals surface area contributed by atoms with Crippen molar-refractivity contribution in [1.29, 1.82) is 0 Å². The van der Waals surface area contributed by atoms with E-state index in [4.69, 9.17) is 16.3 Å². The Morgan fingerprint density at radius 3 is 2.55 bits per heavy atom. The summed E-state index contributed by atoms with van der Waals surface area (Å²) in [6.07, 6.45) is 0. The van der Waals surface area contributed by atoms with E-state index in [9.17, 15) is 9.59 Å². The number of ether oxygens (including phenoxy) is 1. The number of nitrogens with one attached hydrogen (secondary N) is 1. The maximum Gasteiger partial charge on any atom is 0.257 e. The molecule has 0 unspecified atom stereocenters. The summed E-state index contributed by atoms with van der Waals surface area (Å²) in [6, 6.07) is 5.01. The van der Waals surface area contributed by atoms with Gasteiger partial charge in [0.15, 0.2) is 0 Å². The normalized spacial score (nSPS) is 15.5. The van der Waals surface area contributed by atoms with Gasteiger partial charge in [0.1, 0.15) is 5.75 Å². The highest BCUT2D eigenvalue weighted by Crippen LogP contribution is 2.24. The fourth-order valence-corrected chi connectivity index (χ4v) is 2.58. The van der Waals surface area contributed by atoms with E-state index in [1.165, 1.54) is 7.11 Å². The molecule has 7 heteroatoms. The molecule has 22 heavy (non-hydrogen) atoms. The van der Waals surface area contributed by atoms with Crippen LogP contribution < -0.4 is 10.1 Å². The van der Waals surface area contributed by atoms with Crippen LogP contribution in [0.4, 0.5) is 0 Å². The molecule has 0 aliphatic carbocycles. The average Bonchev–Trinajstić information content (AvgIpc) is 2.54. The Morgan fingerprint density at radius 2 is 1.95 bits per heavy atom. The van der Waals surface area contributed by atoms with Crippen molar-refractivity contribution in [3.8, 4) is 5.75 Å². The number of nitrogens with zero attached hydrogens (tertiary/aromatic N) is 2. The van der Waals surface area contributed by atoms with E-state index >= 15 is 0 Å². The van der Waals surface area contributed by atoms with Gasteiger partial charge in [0.05, 0.1) is 19.2 Å². The average molecular weight is 326 g/mol. The molecule has 0 bridgehead atoms. The topological polar surface area (TPSA) is 61.9 Å². The van der Waals surface area contributed by atoms with Crippen LogP contribution >= 0.6 is 11.6 Å². The summed E-state index contributed by atoms with van der Waals surface area (Å²) in [5.41, 5.74) is 0.467. The molecule has 1 fully saturated rings. The van der Waals surface area contributed by atoms with Gasteiger partial charge in [-0.25, -0.2) is 0 Å². The number of methoxy groups -OCH3 is 1. The molecule has 1 aliphatic heterocycles.